The Morgan fingerprint density at radius 3 is 2.42 bits per heavy atom. The number of phenols is 1. The van der Waals surface area contributed by atoms with E-state index >= 15 is 4.79 Å². The number of fused-ring (bicyclic) bond motifs is 5. The average Bonchev–Trinajstić information content (AvgIpc) is 3.52. The summed E-state index contributed by atoms with van der Waals surface area (Å²) < 4.78 is 5.46. The molecule has 2 saturated heterocycles. The highest BCUT2D eigenvalue weighted by Gasteiger charge is 2.70. The minimum Gasteiger partial charge on any atom is -0.508 e. The number of benzene rings is 4. The molecule has 6 unspecified atom stereocenters. The molecule has 0 aromatic heterocycles. The number of rotatable bonds is 8. The monoisotopic (exact) mass is 753 g/mol. The van der Waals surface area contributed by atoms with Gasteiger partial charge in [-0.3, -0.25) is 34.3 Å². The molecule has 6 atom stereocenters. The molecule has 3 fully saturated rings. The van der Waals surface area contributed by atoms with Crippen molar-refractivity contribution in [1.29, 1.82) is 0 Å². The zero-order valence-electron chi connectivity index (χ0n) is 28.3. The Kier molecular flexibility index (Phi) is 8.46. The number of ether oxygens (including phenoxy) is 1. The number of carbonyl (C=O) groups excluding carboxylic acids is 4. The molecule has 0 radical (unpaired) electrons. The van der Waals surface area contributed by atoms with Gasteiger partial charge in [0.2, 0.25) is 11.8 Å². The van der Waals surface area contributed by atoms with Crippen molar-refractivity contribution in [1.82, 2.24) is 9.91 Å². The second-order valence-electron chi connectivity index (χ2n) is 13.9. The van der Waals surface area contributed by atoms with Gasteiger partial charge in [0, 0.05) is 23.0 Å². The standard InChI is InChI=1S/C40H33Cl2N3O8/c1-53-23-10-7-21(8-11-23)40-28(37(50)45(39(40)52)43-30-14-9-22(41)18-29(30)42)19-27-25(35(40)34-24-5-3-2-4-20(24)6-15-31(34)46)12-13-26-33(27)38(51)44(36(26)49)17-16-32(47)48/h2-12,14-15,18,26-28,33,35,43,46H,13,16-17,19H2,1H3,(H,47,48). The number of likely N-dealkylation sites (tertiary alicyclic amines) is 1. The smallest absolute Gasteiger partial charge is 0.305 e. The van der Waals surface area contributed by atoms with E-state index in [0.29, 0.717) is 32.9 Å². The van der Waals surface area contributed by atoms with Crippen molar-refractivity contribution in [3.05, 3.63) is 112 Å². The number of phenolic OH excluding ortho intramolecular Hbond substituents is 1. The molecule has 2 heterocycles. The molecule has 270 valence electrons. The van der Waals surface area contributed by atoms with E-state index in [1.54, 1.807) is 48.5 Å². The molecule has 4 aromatic carbocycles. The third kappa shape index (κ3) is 5.20. The van der Waals surface area contributed by atoms with Crippen LogP contribution in [0.3, 0.4) is 0 Å². The summed E-state index contributed by atoms with van der Waals surface area (Å²) >= 11 is 12.7. The molecule has 2 aliphatic heterocycles. The predicted octanol–water partition coefficient (Wildman–Crippen LogP) is 6.32. The maximum Gasteiger partial charge on any atom is 0.305 e. The Morgan fingerprint density at radius 2 is 1.70 bits per heavy atom. The van der Waals surface area contributed by atoms with Crippen LogP contribution in [0.25, 0.3) is 10.8 Å². The van der Waals surface area contributed by atoms with E-state index in [-0.39, 0.29) is 35.8 Å². The summed E-state index contributed by atoms with van der Waals surface area (Å²) in [5.74, 6) is -7.32. The zero-order chi connectivity index (χ0) is 37.3. The van der Waals surface area contributed by atoms with Crippen molar-refractivity contribution >= 4 is 69.3 Å². The van der Waals surface area contributed by atoms with Gasteiger partial charge in [0.25, 0.3) is 11.8 Å². The van der Waals surface area contributed by atoms with Gasteiger partial charge in [-0.05, 0) is 71.5 Å². The number of aliphatic carboxylic acids is 1. The number of anilines is 1. The Balaban J connectivity index is 1.38. The summed E-state index contributed by atoms with van der Waals surface area (Å²) in [7, 11) is 1.52. The quantitative estimate of drug-likeness (QED) is 0.139. The number of imide groups is 2. The van der Waals surface area contributed by atoms with E-state index in [4.69, 9.17) is 27.9 Å². The third-order valence-corrected chi connectivity index (χ3v) is 12.0. The fourth-order valence-electron chi connectivity index (χ4n) is 9.24. The van der Waals surface area contributed by atoms with Crippen LogP contribution in [0.1, 0.15) is 36.3 Å². The van der Waals surface area contributed by atoms with E-state index in [9.17, 15) is 29.4 Å². The first-order chi connectivity index (χ1) is 25.5. The minimum atomic E-state index is -1.67. The minimum absolute atomic E-state index is 0.0178. The zero-order valence-corrected chi connectivity index (χ0v) is 29.8. The van der Waals surface area contributed by atoms with E-state index in [2.05, 4.69) is 5.43 Å². The first kappa shape index (κ1) is 34.7. The van der Waals surface area contributed by atoms with Crippen LogP contribution in [-0.2, 0) is 29.4 Å². The number of hydrogen-bond acceptors (Lipinski definition) is 8. The first-order valence-electron chi connectivity index (χ1n) is 17.2. The van der Waals surface area contributed by atoms with Gasteiger partial charge in [-0.1, -0.05) is 77.3 Å². The summed E-state index contributed by atoms with van der Waals surface area (Å²) in [5, 5.41) is 24.2. The SMILES string of the molecule is COc1ccc(C23C(=O)N(Nc4ccc(Cl)cc4Cl)C(=O)C2CC2C(=CCC4C(=O)N(CCC(=O)O)C(=O)C42)C3c2c(O)ccc3ccccc23)cc1. The number of allylic oxidation sites excluding steroid dienone is 2. The normalized spacial score (nSPS) is 26.3. The van der Waals surface area contributed by atoms with Crippen LogP contribution in [0.5, 0.6) is 11.5 Å². The highest BCUT2D eigenvalue weighted by molar-refractivity contribution is 6.36. The van der Waals surface area contributed by atoms with Gasteiger partial charge in [0.1, 0.15) is 11.5 Å². The molecule has 2 aliphatic carbocycles. The molecule has 1 saturated carbocycles. The number of halogens is 2. The number of hydrazine groups is 1. The second kappa shape index (κ2) is 12.9. The number of carboxylic acid groups (broad SMARTS) is 1. The lowest BCUT2D eigenvalue weighted by molar-refractivity contribution is -0.143. The number of nitrogens with one attached hydrogen (secondary N) is 1. The molecule has 3 N–H and O–H groups in total. The van der Waals surface area contributed by atoms with Gasteiger partial charge in [-0.25, -0.2) is 0 Å². The van der Waals surface area contributed by atoms with Crippen molar-refractivity contribution in [3.8, 4) is 11.5 Å². The Bertz CT molecular complexity index is 2280. The number of amides is 4. The Hall–Kier alpha value is -5.39. The highest BCUT2D eigenvalue weighted by Crippen LogP contribution is 2.65. The van der Waals surface area contributed by atoms with Crippen LogP contribution in [0.4, 0.5) is 5.69 Å². The lowest BCUT2D eigenvalue weighted by atomic mass is 9.48. The molecule has 4 aromatic rings. The summed E-state index contributed by atoms with van der Waals surface area (Å²) in [4.78, 5) is 70.8. The van der Waals surface area contributed by atoms with E-state index < -0.39 is 71.0 Å². The number of carbonyl (C=O) groups is 5. The largest absolute Gasteiger partial charge is 0.508 e. The number of aromatic hydroxyl groups is 1. The van der Waals surface area contributed by atoms with Crippen molar-refractivity contribution in [3.63, 3.8) is 0 Å². The fourth-order valence-corrected chi connectivity index (χ4v) is 9.69. The van der Waals surface area contributed by atoms with Crippen molar-refractivity contribution in [2.45, 2.75) is 30.6 Å². The van der Waals surface area contributed by atoms with Gasteiger partial charge in [0.15, 0.2) is 0 Å². The van der Waals surface area contributed by atoms with Gasteiger partial charge < -0.3 is 14.9 Å². The summed E-state index contributed by atoms with van der Waals surface area (Å²) in [6.07, 6.45) is 1.65. The lowest BCUT2D eigenvalue weighted by Gasteiger charge is -2.51. The van der Waals surface area contributed by atoms with E-state index in [1.165, 1.54) is 13.2 Å². The second-order valence-corrected chi connectivity index (χ2v) is 14.7. The number of carboxylic acids is 1. The molecular weight excluding hydrogens is 721 g/mol. The molecule has 0 bridgehead atoms. The average molecular weight is 755 g/mol. The first-order valence-corrected chi connectivity index (χ1v) is 17.9. The topological polar surface area (TPSA) is 154 Å². The van der Waals surface area contributed by atoms with E-state index in [1.807, 2.05) is 30.3 Å². The molecule has 13 heteroatoms. The maximum absolute atomic E-state index is 15.5. The molecule has 53 heavy (non-hydrogen) atoms. The van der Waals surface area contributed by atoms with E-state index in [0.717, 1.165) is 15.3 Å². The molecular formula is C40H33Cl2N3O8. The number of nitrogens with zero attached hydrogens (tertiary/aromatic N) is 2. The molecule has 11 nitrogen and oxygen atoms in total. The summed E-state index contributed by atoms with van der Waals surface area (Å²) in [5.41, 5.74) is 3.10. The lowest BCUT2D eigenvalue weighted by Crippen LogP contribution is -2.53. The number of methoxy groups -OCH3 is 1. The van der Waals surface area contributed by atoms with Gasteiger partial charge in [0.05, 0.1) is 47.4 Å². The summed E-state index contributed by atoms with van der Waals surface area (Å²) in [6, 6.07) is 22.3. The highest BCUT2D eigenvalue weighted by atomic mass is 35.5. The molecule has 0 spiro atoms. The van der Waals surface area contributed by atoms with Crippen molar-refractivity contribution < 1.29 is 38.9 Å². The van der Waals surface area contributed by atoms with Crippen molar-refractivity contribution in [2.75, 3.05) is 19.1 Å². The van der Waals surface area contributed by atoms with Crippen LogP contribution in [0, 0.1) is 23.7 Å². The van der Waals surface area contributed by atoms with Crippen LogP contribution in [0.2, 0.25) is 10.0 Å². The molecule has 8 rings (SSSR count). The third-order valence-electron chi connectivity index (χ3n) is 11.5. The van der Waals surface area contributed by atoms with Gasteiger partial charge in [-0.15, -0.1) is 0 Å². The molecule has 4 aliphatic rings. The Morgan fingerprint density at radius 1 is 0.943 bits per heavy atom. The van der Waals surface area contributed by atoms with Gasteiger partial charge in [-0.2, -0.15) is 5.01 Å². The molecule has 4 amide bonds. The van der Waals surface area contributed by atoms with Gasteiger partial charge >= 0.3 is 5.97 Å². The van der Waals surface area contributed by atoms with Crippen LogP contribution < -0.4 is 10.2 Å². The van der Waals surface area contributed by atoms with Crippen LogP contribution in [-0.4, -0.2) is 63.4 Å². The Labute approximate surface area is 313 Å². The van der Waals surface area contributed by atoms with Crippen LogP contribution in [0.15, 0.2) is 90.5 Å². The van der Waals surface area contributed by atoms with Crippen LogP contribution >= 0.6 is 23.2 Å². The summed E-state index contributed by atoms with van der Waals surface area (Å²) in [6.45, 7) is -0.272. The maximum atomic E-state index is 15.5. The predicted molar refractivity (Wildman–Crippen MR) is 195 cm³/mol. The number of hydrogen-bond donors (Lipinski definition) is 3. The van der Waals surface area contributed by atoms with Crippen molar-refractivity contribution in [2.24, 2.45) is 23.7 Å². The fraction of sp³-hybridized carbons (Fsp3) is 0.275.